The Morgan fingerprint density at radius 1 is 1.50 bits per heavy atom. The van der Waals surface area contributed by atoms with E-state index in [1.165, 1.54) is 4.90 Å². The molecule has 0 radical (unpaired) electrons. The van der Waals surface area contributed by atoms with Gasteiger partial charge in [0.1, 0.15) is 0 Å². The summed E-state index contributed by atoms with van der Waals surface area (Å²) in [6.07, 6.45) is 0. The molecule has 0 aliphatic carbocycles. The number of carbonyl (C=O) groups excluding carboxylic acids is 1. The van der Waals surface area contributed by atoms with Crippen LogP contribution in [0.1, 0.15) is 19.4 Å². The Balaban J connectivity index is 2.43. The zero-order valence-electron chi connectivity index (χ0n) is 10.8. The van der Waals surface area contributed by atoms with E-state index in [0.717, 1.165) is 5.56 Å². The SMILES string of the molecule is CN(Cc1ccsc1)C(=O)NCC(C)(C)C(=O)O. The van der Waals surface area contributed by atoms with E-state index in [1.54, 1.807) is 32.2 Å². The Morgan fingerprint density at radius 3 is 2.67 bits per heavy atom. The maximum absolute atomic E-state index is 11.8. The lowest BCUT2D eigenvalue weighted by atomic mass is 9.94. The predicted octanol–water partition coefficient (Wildman–Crippen LogP) is 2.00. The van der Waals surface area contributed by atoms with E-state index in [4.69, 9.17) is 5.11 Å². The van der Waals surface area contributed by atoms with Crippen LogP contribution in [0.25, 0.3) is 0 Å². The van der Waals surface area contributed by atoms with Gasteiger partial charge in [-0.15, -0.1) is 0 Å². The second-order valence-electron chi connectivity index (χ2n) is 4.84. The third kappa shape index (κ3) is 4.03. The van der Waals surface area contributed by atoms with Crippen molar-refractivity contribution in [2.24, 2.45) is 5.41 Å². The van der Waals surface area contributed by atoms with E-state index in [2.05, 4.69) is 5.32 Å². The van der Waals surface area contributed by atoms with Crippen molar-refractivity contribution in [2.45, 2.75) is 20.4 Å². The summed E-state index contributed by atoms with van der Waals surface area (Å²) >= 11 is 1.58. The second-order valence-corrected chi connectivity index (χ2v) is 5.62. The van der Waals surface area contributed by atoms with Crippen molar-refractivity contribution >= 4 is 23.3 Å². The highest BCUT2D eigenvalue weighted by Crippen LogP contribution is 2.13. The maximum atomic E-state index is 11.8. The Labute approximate surface area is 110 Å². The first-order valence-electron chi connectivity index (χ1n) is 5.56. The van der Waals surface area contributed by atoms with Gasteiger partial charge in [-0.3, -0.25) is 4.79 Å². The fourth-order valence-electron chi connectivity index (χ4n) is 1.24. The van der Waals surface area contributed by atoms with Gasteiger partial charge in [0.2, 0.25) is 0 Å². The first-order valence-corrected chi connectivity index (χ1v) is 6.50. The number of nitrogens with one attached hydrogen (secondary N) is 1. The molecule has 1 heterocycles. The van der Waals surface area contributed by atoms with E-state index >= 15 is 0 Å². The van der Waals surface area contributed by atoms with Gasteiger partial charge < -0.3 is 15.3 Å². The number of carboxylic acids is 1. The van der Waals surface area contributed by atoms with Crippen LogP contribution in [0, 0.1) is 5.41 Å². The number of aliphatic carboxylic acids is 1. The summed E-state index contributed by atoms with van der Waals surface area (Å²) in [6, 6.07) is 1.69. The Hall–Kier alpha value is -1.56. The Morgan fingerprint density at radius 2 is 2.17 bits per heavy atom. The molecule has 0 bridgehead atoms. The minimum Gasteiger partial charge on any atom is -0.481 e. The van der Waals surface area contributed by atoms with Crippen LogP contribution in [0.2, 0.25) is 0 Å². The van der Waals surface area contributed by atoms with E-state index in [-0.39, 0.29) is 12.6 Å². The summed E-state index contributed by atoms with van der Waals surface area (Å²) < 4.78 is 0. The molecule has 1 rings (SSSR count). The molecule has 1 aromatic rings. The van der Waals surface area contributed by atoms with Crippen LogP contribution in [0.15, 0.2) is 16.8 Å². The van der Waals surface area contributed by atoms with Crippen LogP contribution in [0.5, 0.6) is 0 Å². The lowest BCUT2D eigenvalue weighted by Gasteiger charge is -2.23. The zero-order chi connectivity index (χ0) is 13.8. The number of carboxylic acid groups (broad SMARTS) is 1. The van der Waals surface area contributed by atoms with E-state index in [9.17, 15) is 9.59 Å². The molecule has 0 atom stereocenters. The summed E-state index contributed by atoms with van der Waals surface area (Å²) in [5.41, 5.74) is 0.106. The summed E-state index contributed by atoms with van der Waals surface area (Å²) in [6.45, 7) is 3.78. The molecule has 18 heavy (non-hydrogen) atoms. The zero-order valence-corrected chi connectivity index (χ0v) is 11.6. The molecule has 6 heteroatoms. The molecule has 0 fully saturated rings. The van der Waals surface area contributed by atoms with Crippen LogP contribution >= 0.6 is 11.3 Å². The molecule has 100 valence electrons. The molecular formula is C12H18N2O3S. The van der Waals surface area contributed by atoms with Crippen LogP contribution in [0.3, 0.4) is 0 Å². The molecule has 1 aromatic heterocycles. The van der Waals surface area contributed by atoms with Gasteiger partial charge >= 0.3 is 12.0 Å². The quantitative estimate of drug-likeness (QED) is 0.859. The first kappa shape index (κ1) is 14.5. The van der Waals surface area contributed by atoms with Crippen LogP contribution < -0.4 is 5.32 Å². The van der Waals surface area contributed by atoms with E-state index in [1.807, 2.05) is 16.8 Å². The second kappa shape index (κ2) is 5.86. The third-order valence-corrected chi connectivity index (χ3v) is 3.34. The molecule has 0 aliphatic rings. The highest BCUT2D eigenvalue weighted by atomic mass is 32.1. The monoisotopic (exact) mass is 270 g/mol. The Bertz CT molecular complexity index is 415. The summed E-state index contributed by atoms with van der Waals surface area (Å²) in [4.78, 5) is 24.2. The van der Waals surface area contributed by atoms with Crippen molar-refractivity contribution in [3.63, 3.8) is 0 Å². The van der Waals surface area contributed by atoms with E-state index < -0.39 is 11.4 Å². The molecule has 0 unspecified atom stereocenters. The van der Waals surface area contributed by atoms with Gasteiger partial charge in [-0.1, -0.05) is 0 Å². The molecule has 0 aliphatic heterocycles. The molecule has 5 nitrogen and oxygen atoms in total. The van der Waals surface area contributed by atoms with Gasteiger partial charge in [0.15, 0.2) is 0 Å². The molecule has 0 aromatic carbocycles. The number of amides is 2. The maximum Gasteiger partial charge on any atom is 0.317 e. The lowest BCUT2D eigenvalue weighted by molar-refractivity contribution is -0.146. The molecule has 2 N–H and O–H groups in total. The predicted molar refractivity (Wildman–Crippen MR) is 70.6 cm³/mol. The van der Waals surface area contributed by atoms with Gasteiger partial charge in [0.05, 0.1) is 5.41 Å². The highest BCUT2D eigenvalue weighted by Gasteiger charge is 2.27. The number of thiophene rings is 1. The minimum absolute atomic E-state index is 0.106. The fraction of sp³-hybridized carbons (Fsp3) is 0.500. The van der Waals surface area contributed by atoms with Crippen molar-refractivity contribution in [1.82, 2.24) is 10.2 Å². The normalized spacial score (nSPS) is 11.1. The van der Waals surface area contributed by atoms with Crippen LogP contribution in [-0.4, -0.2) is 35.6 Å². The van der Waals surface area contributed by atoms with Gasteiger partial charge in [0, 0.05) is 20.1 Å². The summed E-state index contributed by atoms with van der Waals surface area (Å²) in [5.74, 6) is -0.928. The van der Waals surface area contributed by atoms with Gasteiger partial charge in [0.25, 0.3) is 0 Å². The number of hydrogen-bond acceptors (Lipinski definition) is 3. The Kier molecular flexibility index (Phi) is 4.72. The topological polar surface area (TPSA) is 69.6 Å². The lowest BCUT2D eigenvalue weighted by Crippen LogP contribution is -2.43. The average molecular weight is 270 g/mol. The molecule has 0 saturated heterocycles. The van der Waals surface area contributed by atoms with Crippen LogP contribution in [0.4, 0.5) is 4.79 Å². The highest BCUT2D eigenvalue weighted by molar-refractivity contribution is 7.07. The molecule has 2 amide bonds. The first-order chi connectivity index (χ1) is 8.33. The number of carbonyl (C=O) groups is 2. The summed E-state index contributed by atoms with van der Waals surface area (Å²) in [7, 11) is 1.68. The van der Waals surface area contributed by atoms with Crippen LogP contribution in [-0.2, 0) is 11.3 Å². The number of nitrogens with zero attached hydrogens (tertiary/aromatic N) is 1. The standard InChI is InChI=1S/C12H18N2O3S/c1-12(2,10(15)16)8-13-11(17)14(3)6-9-4-5-18-7-9/h4-5,7H,6,8H2,1-3H3,(H,13,17)(H,15,16). The van der Waals surface area contributed by atoms with Gasteiger partial charge in [-0.2, -0.15) is 11.3 Å². The molecule has 0 saturated carbocycles. The van der Waals surface area contributed by atoms with Crippen molar-refractivity contribution in [1.29, 1.82) is 0 Å². The van der Waals surface area contributed by atoms with Crippen molar-refractivity contribution in [2.75, 3.05) is 13.6 Å². The fourth-order valence-corrected chi connectivity index (χ4v) is 1.90. The van der Waals surface area contributed by atoms with Crippen molar-refractivity contribution in [3.05, 3.63) is 22.4 Å². The number of urea groups is 1. The van der Waals surface area contributed by atoms with E-state index in [0.29, 0.717) is 6.54 Å². The molecule has 0 spiro atoms. The minimum atomic E-state index is -0.959. The number of hydrogen-bond donors (Lipinski definition) is 2. The smallest absolute Gasteiger partial charge is 0.317 e. The van der Waals surface area contributed by atoms with Crippen molar-refractivity contribution < 1.29 is 14.7 Å². The van der Waals surface area contributed by atoms with Gasteiger partial charge in [-0.05, 0) is 36.2 Å². The van der Waals surface area contributed by atoms with Gasteiger partial charge in [-0.25, -0.2) is 4.79 Å². The van der Waals surface area contributed by atoms with Crippen molar-refractivity contribution in [3.8, 4) is 0 Å². The largest absolute Gasteiger partial charge is 0.481 e. The third-order valence-electron chi connectivity index (χ3n) is 2.61. The average Bonchev–Trinajstić information content (AvgIpc) is 2.78. The molecular weight excluding hydrogens is 252 g/mol. The summed E-state index contributed by atoms with van der Waals surface area (Å²) in [5, 5.41) is 15.5. The number of rotatable bonds is 5.